The predicted molar refractivity (Wildman–Crippen MR) is 211 cm³/mol. The lowest BCUT2D eigenvalue weighted by molar-refractivity contribution is 1.16. The molecule has 7 aromatic carbocycles. The van der Waals surface area contributed by atoms with E-state index >= 15 is 0 Å². The minimum absolute atomic E-state index is 0.858. The van der Waals surface area contributed by atoms with Gasteiger partial charge in [-0.15, -0.1) is 0 Å². The second-order valence-corrected chi connectivity index (χ2v) is 13.3. The fraction of sp³-hybridized carbons (Fsp3) is 0.0213. The molecule has 0 radical (unpaired) electrons. The minimum atomic E-state index is 0.858. The molecule has 3 heteroatoms. The summed E-state index contributed by atoms with van der Waals surface area (Å²) in [6.45, 7) is 0. The maximum atomic E-state index is 2.57. The zero-order valence-corrected chi connectivity index (χ0v) is 27.3. The van der Waals surface area contributed by atoms with Crippen molar-refractivity contribution in [1.29, 1.82) is 0 Å². The first-order chi connectivity index (χ1) is 24.8. The molecule has 1 aliphatic rings. The van der Waals surface area contributed by atoms with Gasteiger partial charge in [0.1, 0.15) is 0 Å². The minimum Gasteiger partial charge on any atom is -0.311 e. The van der Waals surface area contributed by atoms with Crippen molar-refractivity contribution in [1.82, 2.24) is 13.7 Å². The second-order valence-electron chi connectivity index (χ2n) is 13.3. The van der Waals surface area contributed by atoms with Gasteiger partial charge < -0.3 is 13.7 Å². The van der Waals surface area contributed by atoms with Gasteiger partial charge >= 0.3 is 0 Å². The van der Waals surface area contributed by atoms with Gasteiger partial charge in [-0.3, -0.25) is 0 Å². The molecule has 0 N–H and O–H groups in total. The van der Waals surface area contributed by atoms with Crippen LogP contribution >= 0.6 is 0 Å². The summed E-state index contributed by atoms with van der Waals surface area (Å²) < 4.78 is 7.40. The zero-order valence-electron chi connectivity index (χ0n) is 27.3. The maximum absolute atomic E-state index is 2.57. The molecule has 10 aromatic rings. The third kappa shape index (κ3) is 3.75. The Labute approximate surface area is 288 Å². The number of fused-ring (bicyclic) bond motifs is 10. The smallest absolute Gasteiger partial charge is 0.0638 e. The van der Waals surface area contributed by atoms with Crippen LogP contribution in [0, 0.1) is 0 Å². The van der Waals surface area contributed by atoms with E-state index in [1.165, 1.54) is 93.6 Å². The van der Waals surface area contributed by atoms with Gasteiger partial charge in [0, 0.05) is 61.4 Å². The molecule has 234 valence electrons. The SMILES string of the molecule is C1=CC(c2cccc(-n3c4ccccc4c4ccccc43)c2)=C(n2c3ccccc3c3ccc4c(c5ccccc5n4-c4ccccc4)c32)C1. The van der Waals surface area contributed by atoms with Crippen LogP contribution in [0.3, 0.4) is 0 Å². The number of nitrogens with zero attached hydrogens (tertiary/aromatic N) is 3. The number of para-hydroxylation sites is 5. The number of hydrogen-bond acceptors (Lipinski definition) is 0. The summed E-state index contributed by atoms with van der Waals surface area (Å²) in [6, 6.07) is 59.7. The summed E-state index contributed by atoms with van der Waals surface area (Å²) in [5.41, 5.74) is 13.5. The molecule has 3 nitrogen and oxygen atoms in total. The van der Waals surface area contributed by atoms with Crippen LogP contribution in [0.2, 0.25) is 0 Å². The van der Waals surface area contributed by atoms with E-state index in [1.54, 1.807) is 0 Å². The molecule has 0 saturated carbocycles. The summed E-state index contributed by atoms with van der Waals surface area (Å²) >= 11 is 0. The number of benzene rings is 7. The third-order valence-electron chi connectivity index (χ3n) is 10.7. The summed E-state index contributed by atoms with van der Waals surface area (Å²) in [5, 5.41) is 7.66. The van der Waals surface area contributed by atoms with E-state index in [2.05, 4.69) is 190 Å². The monoisotopic (exact) mass is 637 g/mol. The highest BCUT2D eigenvalue weighted by Gasteiger charge is 2.24. The van der Waals surface area contributed by atoms with E-state index in [-0.39, 0.29) is 0 Å². The number of hydrogen-bond donors (Lipinski definition) is 0. The second kappa shape index (κ2) is 10.5. The Morgan fingerprint density at radius 3 is 1.62 bits per heavy atom. The van der Waals surface area contributed by atoms with Gasteiger partial charge in [0.25, 0.3) is 0 Å². The Kier molecular flexibility index (Phi) is 5.73. The first-order valence-corrected chi connectivity index (χ1v) is 17.3. The Morgan fingerprint density at radius 2 is 0.920 bits per heavy atom. The Balaban J connectivity index is 1.21. The van der Waals surface area contributed by atoms with Crippen LogP contribution in [0.15, 0.2) is 176 Å². The molecule has 0 saturated heterocycles. The fourth-order valence-corrected chi connectivity index (χ4v) is 8.63. The van der Waals surface area contributed by atoms with E-state index in [9.17, 15) is 0 Å². The van der Waals surface area contributed by atoms with Crippen molar-refractivity contribution >= 4 is 76.7 Å². The molecule has 0 aliphatic heterocycles. The van der Waals surface area contributed by atoms with Gasteiger partial charge in [0.05, 0.1) is 33.1 Å². The van der Waals surface area contributed by atoms with Crippen LogP contribution in [0.4, 0.5) is 0 Å². The number of aromatic nitrogens is 3. The van der Waals surface area contributed by atoms with Gasteiger partial charge in [0.2, 0.25) is 0 Å². The van der Waals surface area contributed by atoms with Crippen molar-refractivity contribution in [3.63, 3.8) is 0 Å². The number of allylic oxidation sites excluding steroid dienone is 4. The van der Waals surface area contributed by atoms with Crippen molar-refractivity contribution in [2.24, 2.45) is 0 Å². The van der Waals surface area contributed by atoms with E-state index in [4.69, 9.17) is 0 Å². The average Bonchev–Trinajstić information content (AvgIpc) is 3.95. The largest absolute Gasteiger partial charge is 0.311 e. The normalized spacial score (nSPS) is 13.4. The topological polar surface area (TPSA) is 14.8 Å². The highest BCUT2D eigenvalue weighted by molar-refractivity contribution is 6.27. The molecule has 0 bridgehead atoms. The molecule has 0 amide bonds. The molecule has 0 fully saturated rings. The van der Waals surface area contributed by atoms with Crippen molar-refractivity contribution in [2.45, 2.75) is 6.42 Å². The van der Waals surface area contributed by atoms with Crippen LogP contribution in [0.1, 0.15) is 12.0 Å². The predicted octanol–water partition coefficient (Wildman–Crippen LogP) is 12.3. The standard InChI is InChI=1S/C47H31N3/c1-2-15-32(16-3-1)48-44-26-11-7-21-39(44)46-45(48)29-28-38-37-20-6-10-25-43(37)50(47(38)46)40-27-13-22-34(40)31-14-12-17-33(30-31)49-41-23-8-4-18-35(41)36-19-5-9-24-42(36)49/h1-26,28-30H,27H2. The van der Waals surface area contributed by atoms with Gasteiger partial charge in [0.15, 0.2) is 0 Å². The average molecular weight is 638 g/mol. The molecule has 1 aliphatic carbocycles. The van der Waals surface area contributed by atoms with Crippen molar-refractivity contribution < 1.29 is 0 Å². The molecular weight excluding hydrogens is 607 g/mol. The molecule has 11 rings (SSSR count). The van der Waals surface area contributed by atoms with Crippen molar-refractivity contribution in [2.75, 3.05) is 0 Å². The van der Waals surface area contributed by atoms with Crippen LogP contribution in [-0.2, 0) is 0 Å². The number of rotatable bonds is 4. The third-order valence-corrected chi connectivity index (χ3v) is 10.7. The molecule has 0 atom stereocenters. The van der Waals surface area contributed by atoms with E-state index < -0.39 is 0 Å². The quantitative estimate of drug-likeness (QED) is 0.182. The van der Waals surface area contributed by atoms with Crippen molar-refractivity contribution in [3.05, 3.63) is 182 Å². The summed E-state index contributed by atoms with van der Waals surface area (Å²) in [4.78, 5) is 0. The fourth-order valence-electron chi connectivity index (χ4n) is 8.63. The van der Waals surface area contributed by atoms with Crippen LogP contribution < -0.4 is 0 Å². The Hall–Kier alpha value is -6.58. The highest BCUT2D eigenvalue weighted by Crippen LogP contribution is 2.45. The molecule has 3 aromatic heterocycles. The molecular formula is C47H31N3. The van der Waals surface area contributed by atoms with Crippen LogP contribution in [0.25, 0.3) is 88.1 Å². The Bertz CT molecular complexity index is 3000. The lowest BCUT2D eigenvalue weighted by atomic mass is 10.0. The van der Waals surface area contributed by atoms with E-state index in [1.807, 2.05) is 0 Å². The summed E-state index contributed by atoms with van der Waals surface area (Å²) in [7, 11) is 0. The van der Waals surface area contributed by atoms with Crippen LogP contribution in [-0.4, -0.2) is 13.7 Å². The van der Waals surface area contributed by atoms with Crippen LogP contribution in [0.5, 0.6) is 0 Å². The molecule has 3 heterocycles. The lowest BCUT2D eigenvalue weighted by Gasteiger charge is -2.15. The zero-order chi connectivity index (χ0) is 32.8. The van der Waals surface area contributed by atoms with Gasteiger partial charge in [-0.2, -0.15) is 0 Å². The van der Waals surface area contributed by atoms with Gasteiger partial charge in [-0.1, -0.05) is 121 Å². The molecule has 0 unspecified atom stereocenters. The molecule has 50 heavy (non-hydrogen) atoms. The van der Waals surface area contributed by atoms with Gasteiger partial charge in [-0.25, -0.2) is 0 Å². The maximum Gasteiger partial charge on any atom is 0.0638 e. The van der Waals surface area contributed by atoms with Gasteiger partial charge in [-0.05, 0) is 60.2 Å². The van der Waals surface area contributed by atoms with Crippen molar-refractivity contribution in [3.8, 4) is 11.4 Å². The lowest BCUT2D eigenvalue weighted by Crippen LogP contribution is -1.99. The molecule has 0 spiro atoms. The summed E-state index contributed by atoms with van der Waals surface area (Å²) in [5.74, 6) is 0. The first kappa shape index (κ1) is 27.4. The van der Waals surface area contributed by atoms with E-state index in [0.717, 1.165) is 6.42 Å². The highest BCUT2D eigenvalue weighted by atomic mass is 15.0. The first-order valence-electron chi connectivity index (χ1n) is 17.3. The Morgan fingerprint density at radius 1 is 0.380 bits per heavy atom. The van der Waals surface area contributed by atoms with E-state index in [0.29, 0.717) is 0 Å². The summed E-state index contributed by atoms with van der Waals surface area (Å²) in [6.07, 6.45) is 5.51.